The van der Waals surface area contributed by atoms with Crippen LogP contribution in [0.4, 0.5) is 0 Å². The normalized spacial score (nSPS) is 12.6. The monoisotopic (exact) mass is 321 g/mol. The molecule has 0 radical (unpaired) electrons. The van der Waals surface area contributed by atoms with E-state index in [4.69, 9.17) is 10.2 Å². The third-order valence-electron chi connectivity index (χ3n) is 2.21. The van der Waals surface area contributed by atoms with Crippen LogP contribution in [0, 0.1) is 0 Å². The van der Waals surface area contributed by atoms with Crippen LogP contribution in [-0.2, 0) is 16.1 Å². The molecule has 1 heterocycles. The van der Waals surface area contributed by atoms with Gasteiger partial charge >= 0.3 is 11.9 Å². The van der Waals surface area contributed by atoms with Gasteiger partial charge < -0.3 is 10.2 Å². The van der Waals surface area contributed by atoms with E-state index >= 15 is 0 Å². The second-order valence-corrected chi connectivity index (χ2v) is 5.51. The number of hydrogen-bond donors (Lipinski definition) is 2. The molecule has 7 heteroatoms. The first-order chi connectivity index (χ1) is 7.90. The van der Waals surface area contributed by atoms with Crippen LogP contribution >= 0.6 is 27.3 Å². The molecule has 94 valence electrons. The number of likely N-dealkylation sites (N-methyl/N-ethyl adjacent to an activating group) is 1. The van der Waals surface area contributed by atoms with Crippen molar-refractivity contribution in [2.24, 2.45) is 0 Å². The molecule has 17 heavy (non-hydrogen) atoms. The maximum Gasteiger partial charge on any atom is 0.321 e. The fourth-order valence-electron chi connectivity index (χ4n) is 1.39. The average Bonchev–Trinajstić information content (AvgIpc) is 2.59. The fourth-order valence-corrected chi connectivity index (χ4v) is 2.90. The Bertz CT molecular complexity index is 420. The number of aliphatic carboxylic acids is 2. The number of thiophene rings is 1. The second kappa shape index (κ2) is 6.13. The Morgan fingerprint density at radius 1 is 1.53 bits per heavy atom. The van der Waals surface area contributed by atoms with Crippen molar-refractivity contribution in [1.82, 2.24) is 4.90 Å². The largest absolute Gasteiger partial charge is 0.481 e. The molecule has 1 aromatic heterocycles. The Kier molecular flexibility index (Phi) is 5.10. The van der Waals surface area contributed by atoms with Gasteiger partial charge in [-0.1, -0.05) is 0 Å². The maximum absolute atomic E-state index is 11.0. The minimum atomic E-state index is -1.12. The van der Waals surface area contributed by atoms with E-state index in [2.05, 4.69) is 15.9 Å². The lowest BCUT2D eigenvalue weighted by Crippen LogP contribution is -2.39. The van der Waals surface area contributed by atoms with Crippen LogP contribution in [0.2, 0.25) is 0 Å². The topological polar surface area (TPSA) is 77.8 Å². The predicted octanol–water partition coefficient (Wildman–Crippen LogP) is 1.87. The molecule has 0 saturated heterocycles. The Morgan fingerprint density at radius 3 is 2.59 bits per heavy atom. The molecule has 0 aliphatic rings. The van der Waals surface area contributed by atoms with Gasteiger partial charge in [-0.2, -0.15) is 0 Å². The highest BCUT2D eigenvalue weighted by Gasteiger charge is 2.25. The highest BCUT2D eigenvalue weighted by molar-refractivity contribution is 9.10. The smallest absolute Gasteiger partial charge is 0.321 e. The van der Waals surface area contributed by atoms with Crippen molar-refractivity contribution >= 4 is 39.2 Å². The summed E-state index contributed by atoms with van der Waals surface area (Å²) in [6.07, 6.45) is -0.404. The number of hydrogen-bond acceptors (Lipinski definition) is 4. The Labute approximate surface area is 111 Å². The molecule has 2 N–H and O–H groups in total. The molecule has 0 saturated carbocycles. The van der Waals surface area contributed by atoms with Gasteiger partial charge in [0.05, 0.1) is 6.42 Å². The number of nitrogens with zero attached hydrogens (tertiary/aromatic N) is 1. The van der Waals surface area contributed by atoms with E-state index < -0.39 is 24.4 Å². The summed E-state index contributed by atoms with van der Waals surface area (Å²) in [5, 5.41) is 19.5. The summed E-state index contributed by atoms with van der Waals surface area (Å²) in [5.41, 5.74) is 0. The maximum atomic E-state index is 11.0. The second-order valence-electron chi connectivity index (χ2n) is 3.60. The summed E-state index contributed by atoms with van der Waals surface area (Å²) in [5.74, 6) is -2.23. The van der Waals surface area contributed by atoms with Gasteiger partial charge in [0.2, 0.25) is 0 Å². The zero-order chi connectivity index (χ0) is 13.0. The molecule has 0 aliphatic heterocycles. The summed E-state index contributed by atoms with van der Waals surface area (Å²) < 4.78 is 0.941. The lowest BCUT2D eigenvalue weighted by molar-refractivity contribution is -0.149. The molecule has 0 aromatic carbocycles. The summed E-state index contributed by atoms with van der Waals surface area (Å²) >= 11 is 4.81. The molecular weight excluding hydrogens is 310 g/mol. The van der Waals surface area contributed by atoms with Gasteiger partial charge in [-0.15, -0.1) is 11.3 Å². The van der Waals surface area contributed by atoms with Crippen LogP contribution in [0.15, 0.2) is 15.9 Å². The summed E-state index contributed by atoms with van der Waals surface area (Å²) in [6.45, 7) is 0.417. The molecule has 1 atom stereocenters. The Balaban J connectivity index is 2.68. The number of rotatable bonds is 6. The molecule has 0 bridgehead atoms. The van der Waals surface area contributed by atoms with Crippen molar-refractivity contribution in [2.75, 3.05) is 7.05 Å². The molecule has 1 aromatic rings. The van der Waals surface area contributed by atoms with Crippen LogP contribution in [-0.4, -0.2) is 40.1 Å². The number of carboxylic acid groups (broad SMARTS) is 2. The standard InChI is InChI=1S/C10H12BrNO4S/c1-12(4-7-2-6(11)5-17-7)8(10(15)16)3-9(13)14/h2,5,8H,3-4H2,1H3,(H,13,14)(H,15,16). The lowest BCUT2D eigenvalue weighted by Gasteiger charge is -2.22. The molecule has 0 amide bonds. The molecule has 1 unspecified atom stereocenters. The van der Waals surface area contributed by atoms with Gasteiger partial charge in [-0.3, -0.25) is 14.5 Å². The van der Waals surface area contributed by atoms with Crippen molar-refractivity contribution < 1.29 is 19.8 Å². The van der Waals surface area contributed by atoms with E-state index in [1.807, 2.05) is 11.4 Å². The molecule has 5 nitrogen and oxygen atoms in total. The number of carboxylic acids is 2. The summed E-state index contributed by atoms with van der Waals surface area (Å²) in [6, 6.07) is 0.884. The Hall–Kier alpha value is -0.920. The van der Waals surface area contributed by atoms with Crippen LogP contribution in [0.5, 0.6) is 0 Å². The van der Waals surface area contributed by atoms with Crippen molar-refractivity contribution in [3.8, 4) is 0 Å². The zero-order valence-corrected chi connectivity index (χ0v) is 11.5. The predicted molar refractivity (Wildman–Crippen MR) is 67.2 cm³/mol. The quantitative estimate of drug-likeness (QED) is 0.836. The third kappa shape index (κ3) is 4.45. The van der Waals surface area contributed by atoms with Gasteiger partial charge in [0, 0.05) is 21.3 Å². The van der Waals surface area contributed by atoms with E-state index in [1.54, 1.807) is 7.05 Å². The molecular formula is C10H12BrNO4S. The van der Waals surface area contributed by atoms with Gasteiger partial charge in [-0.25, -0.2) is 0 Å². The Morgan fingerprint density at radius 2 is 2.18 bits per heavy atom. The molecule has 1 rings (SSSR count). The average molecular weight is 322 g/mol. The van der Waals surface area contributed by atoms with E-state index in [9.17, 15) is 9.59 Å². The van der Waals surface area contributed by atoms with E-state index in [1.165, 1.54) is 16.2 Å². The highest BCUT2D eigenvalue weighted by atomic mass is 79.9. The van der Waals surface area contributed by atoms with Crippen molar-refractivity contribution in [3.63, 3.8) is 0 Å². The minimum Gasteiger partial charge on any atom is -0.481 e. The summed E-state index contributed by atoms with van der Waals surface area (Å²) in [4.78, 5) is 24.0. The first kappa shape index (κ1) is 14.1. The minimum absolute atomic E-state index is 0.404. The fraction of sp³-hybridized carbons (Fsp3) is 0.400. The van der Waals surface area contributed by atoms with Gasteiger partial charge in [-0.05, 0) is 29.0 Å². The molecule has 0 fully saturated rings. The van der Waals surface area contributed by atoms with E-state index in [0.29, 0.717) is 6.54 Å². The van der Waals surface area contributed by atoms with Crippen molar-refractivity contribution in [2.45, 2.75) is 19.0 Å². The van der Waals surface area contributed by atoms with Crippen LogP contribution in [0.25, 0.3) is 0 Å². The van der Waals surface area contributed by atoms with Gasteiger partial charge in [0.25, 0.3) is 0 Å². The van der Waals surface area contributed by atoms with Crippen LogP contribution < -0.4 is 0 Å². The first-order valence-electron chi connectivity index (χ1n) is 4.78. The van der Waals surface area contributed by atoms with Gasteiger partial charge in [0.15, 0.2) is 0 Å². The number of carbonyl (C=O) groups is 2. The number of halogens is 1. The van der Waals surface area contributed by atoms with Crippen LogP contribution in [0.3, 0.4) is 0 Å². The summed E-state index contributed by atoms with van der Waals surface area (Å²) in [7, 11) is 1.61. The van der Waals surface area contributed by atoms with Crippen LogP contribution in [0.1, 0.15) is 11.3 Å². The van der Waals surface area contributed by atoms with Crippen molar-refractivity contribution in [1.29, 1.82) is 0 Å². The van der Waals surface area contributed by atoms with E-state index in [-0.39, 0.29) is 0 Å². The SMILES string of the molecule is CN(Cc1cc(Br)cs1)C(CC(=O)O)C(=O)O. The van der Waals surface area contributed by atoms with E-state index in [0.717, 1.165) is 9.35 Å². The van der Waals surface area contributed by atoms with Gasteiger partial charge in [0.1, 0.15) is 6.04 Å². The third-order valence-corrected chi connectivity index (χ3v) is 3.89. The lowest BCUT2D eigenvalue weighted by atomic mass is 10.2. The zero-order valence-electron chi connectivity index (χ0n) is 9.09. The van der Waals surface area contributed by atoms with Crippen molar-refractivity contribution in [3.05, 3.63) is 20.8 Å². The first-order valence-corrected chi connectivity index (χ1v) is 6.45. The highest BCUT2D eigenvalue weighted by Crippen LogP contribution is 2.21. The molecule has 0 aliphatic carbocycles. The molecule has 0 spiro atoms.